The quantitative estimate of drug-likeness (QED) is 0.564. The number of aryl methyl sites for hydroxylation is 1. The lowest BCUT2D eigenvalue weighted by Gasteiger charge is -2.17. The van der Waals surface area contributed by atoms with E-state index in [9.17, 15) is 20.1 Å². The first-order valence-electron chi connectivity index (χ1n) is 6.12. The Morgan fingerprint density at radius 2 is 2.19 bits per heavy atom. The standard InChI is InChI=1S/C14H14N2O5/c1-8-12(18)11(10(7-17)6-16-8)14(20)21-13(19)9-3-2-4-15-5-9/h2-6,14,17-18,20H,7H2,1H3. The molecule has 21 heavy (non-hydrogen) atoms. The molecule has 1 atom stereocenters. The largest absolute Gasteiger partial charge is 0.506 e. The van der Waals surface area contributed by atoms with E-state index in [2.05, 4.69) is 9.97 Å². The van der Waals surface area contributed by atoms with Crippen LogP contribution in [0.4, 0.5) is 0 Å². The van der Waals surface area contributed by atoms with E-state index in [4.69, 9.17) is 4.74 Å². The normalized spacial score (nSPS) is 12.0. The van der Waals surface area contributed by atoms with Gasteiger partial charge in [0.2, 0.25) is 6.29 Å². The van der Waals surface area contributed by atoms with Crippen molar-refractivity contribution in [1.82, 2.24) is 9.97 Å². The van der Waals surface area contributed by atoms with Gasteiger partial charge < -0.3 is 20.1 Å². The van der Waals surface area contributed by atoms with Gasteiger partial charge in [-0.2, -0.15) is 0 Å². The number of pyridine rings is 2. The molecule has 2 aromatic rings. The van der Waals surface area contributed by atoms with Gasteiger partial charge in [-0.1, -0.05) is 0 Å². The molecule has 2 aromatic heterocycles. The van der Waals surface area contributed by atoms with Crippen molar-refractivity contribution in [2.45, 2.75) is 19.8 Å². The molecule has 0 aliphatic carbocycles. The van der Waals surface area contributed by atoms with Gasteiger partial charge in [0.05, 0.1) is 23.4 Å². The van der Waals surface area contributed by atoms with Crippen LogP contribution in [0.5, 0.6) is 5.75 Å². The number of esters is 1. The monoisotopic (exact) mass is 290 g/mol. The van der Waals surface area contributed by atoms with Crippen LogP contribution < -0.4 is 0 Å². The number of ether oxygens (including phenoxy) is 1. The zero-order valence-electron chi connectivity index (χ0n) is 11.2. The van der Waals surface area contributed by atoms with Gasteiger partial charge in [0.15, 0.2) is 0 Å². The van der Waals surface area contributed by atoms with Gasteiger partial charge in [0.25, 0.3) is 0 Å². The molecule has 0 spiro atoms. The van der Waals surface area contributed by atoms with E-state index in [1.807, 2.05) is 0 Å². The summed E-state index contributed by atoms with van der Waals surface area (Å²) in [6.45, 7) is 1.06. The molecule has 7 heteroatoms. The molecule has 0 amide bonds. The number of nitrogens with zero attached hydrogens (tertiary/aromatic N) is 2. The average molecular weight is 290 g/mol. The summed E-state index contributed by atoms with van der Waals surface area (Å²) in [6.07, 6.45) is 2.36. The number of aliphatic hydroxyl groups excluding tert-OH is 2. The summed E-state index contributed by atoms with van der Waals surface area (Å²) < 4.78 is 4.88. The molecule has 7 nitrogen and oxygen atoms in total. The molecule has 1 unspecified atom stereocenters. The third-order valence-corrected chi connectivity index (χ3v) is 2.89. The molecule has 0 bridgehead atoms. The van der Waals surface area contributed by atoms with Crippen molar-refractivity contribution in [3.05, 3.63) is 53.1 Å². The van der Waals surface area contributed by atoms with Crippen LogP contribution >= 0.6 is 0 Å². The number of hydrogen-bond acceptors (Lipinski definition) is 7. The minimum atomic E-state index is -1.72. The highest BCUT2D eigenvalue weighted by molar-refractivity contribution is 5.89. The van der Waals surface area contributed by atoms with Crippen molar-refractivity contribution < 1.29 is 24.9 Å². The molecular formula is C14H14N2O5. The second-order valence-corrected chi connectivity index (χ2v) is 4.29. The Morgan fingerprint density at radius 3 is 2.81 bits per heavy atom. The highest BCUT2D eigenvalue weighted by atomic mass is 16.6. The molecule has 0 saturated carbocycles. The molecule has 0 aliphatic heterocycles. The number of carbonyl (C=O) groups is 1. The van der Waals surface area contributed by atoms with Gasteiger partial charge in [-0.05, 0) is 19.1 Å². The van der Waals surface area contributed by atoms with Gasteiger partial charge in [-0.3, -0.25) is 9.97 Å². The number of aromatic hydroxyl groups is 1. The van der Waals surface area contributed by atoms with Crippen LogP contribution in [0, 0.1) is 6.92 Å². The van der Waals surface area contributed by atoms with Crippen LogP contribution in [-0.2, 0) is 11.3 Å². The predicted octanol–water partition coefficient (Wildman–Crippen LogP) is 0.831. The summed E-state index contributed by atoms with van der Waals surface area (Å²) >= 11 is 0. The van der Waals surface area contributed by atoms with Crippen LogP contribution in [0.25, 0.3) is 0 Å². The summed E-state index contributed by atoms with van der Waals surface area (Å²) in [4.78, 5) is 19.5. The maximum Gasteiger partial charge on any atom is 0.342 e. The molecule has 0 saturated heterocycles. The molecule has 2 rings (SSSR count). The van der Waals surface area contributed by atoms with E-state index in [0.29, 0.717) is 0 Å². The zero-order chi connectivity index (χ0) is 15.4. The van der Waals surface area contributed by atoms with E-state index in [1.165, 1.54) is 31.6 Å². The SMILES string of the molecule is Cc1ncc(CO)c(C(O)OC(=O)c2cccnc2)c1O. The van der Waals surface area contributed by atoms with Gasteiger partial charge in [0.1, 0.15) is 5.75 Å². The van der Waals surface area contributed by atoms with Crippen molar-refractivity contribution in [3.8, 4) is 5.75 Å². The Morgan fingerprint density at radius 1 is 1.43 bits per heavy atom. The fourth-order valence-electron chi connectivity index (χ4n) is 1.77. The van der Waals surface area contributed by atoms with E-state index in [0.717, 1.165) is 0 Å². The van der Waals surface area contributed by atoms with Crippen molar-refractivity contribution >= 4 is 5.97 Å². The summed E-state index contributed by atoms with van der Waals surface area (Å²) in [7, 11) is 0. The predicted molar refractivity (Wildman–Crippen MR) is 71.2 cm³/mol. The first-order valence-corrected chi connectivity index (χ1v) is 6.12. The molecule has 2 heterocycles. The van der Waals surface area contributed by atoms with Crippen molar-refractivity contribution in [2.24, 2.45) is 0 Å². The Bertz CT molecular complexity index is 645. The Balaban J connectivity index is 2.27. The van der Waals surface area contributed by atoms with Crippen molar-refractivity contribution in [1.29, 1.82) is 0 Å². The maximum atomic E-state index is 11.8. The third kappa shape index (κ3) is 3.15. The maximum absolute atomic E-state index is 11.8. The van der Waals surface area contributed by atoms with E-state index in [1.54, 1.807) is 6.07 Å². The van der Waals surface area contributed by atoms with Gasteiger partial charge in [0, 0.05) is 24.2 Å². The van der Waals surface area contributed by atoms with Crippen LogP contribution in [0.15, 0.2) is 30.7 Å². The Labute approximate surface area is 120 Å². The number of hydrogen-bond donors (Lipinski definition) is 3. The molecule has 110 valence electrons. The van der Waals surface area contributed by atoms with E-state index < -0.39 is 18.9 Å². The number of carbonyl (C=O) groups excluding carboxylic acids is 1. The lowest BCUT2D eigenvalue weighted by atomic mass is 10.1. The van der Waals surface area contributed by atoms with Crippen molar-refractivity contribution in [2.75, 3.05) is 0 Å². The van der Waals surface area contributed by atoms with Gasteiger partial charge in [-0.25, -0.2) is 4.79 Å². The zero-order valence-corrected chi connectivity index (χ0v) is 11.2. The van der Waals surface area contributed by atoms with E-state index >= 15 is 0 Å². The molecular weight excluding hydrogens is 276 g/mol. The van der Waals surface area contributed by atoms with Crippen molar-refractivity contribution in [3.63, 3.8) is 0 Å². The highest BCUT2D eigenvalue weighted by Gasteiger charge is 2.23. The first-order chi connectivity index (χ1) is 10.0. The van der Waals surface area contributed by atoms with Crippen LogP contribution in [0.1, 0.15) is 33.5 Å². The lowest BCUT2D eigenvalue weighted by Crippen LogP contribution is -2.14. The summed E-state index contributed by atoms with van der Waals surface area (Å²) in [5, 5.41) is 29.2. The molecule has 0 fully saturated rings. The number of aliphatic hydroxyl groups is 2. The van der Waals surface area contributed by atoms with Gasteiger partial charge in [-0.15, -0.1) is 0 Å². The Kier molecular flexibility index (Phi) is 4.46. The fourth-order valence-corrected chi connectivity index (χ4v) is 1.77. The smallest absolute Gasteiger partial charge is 0.342 e. The minimum absolute atomic E-state index is 0.0813. The first kappa shape index (κ1) is 14.9. The second kappa shape index (κ2) is 6.29. The van der Waals surface area contributed by atoms with E-state index in [-0.39, 0.29) is 28.1 Å². The number of aromatic nitrogens is 2. The molecule has 0 aromatic carbocycles. The second-order valence-electron chi connectivity index (χ2n) is 4.29. The minimum Gasteiger partial charge on any atom is -0.506 e. The van der Waals surface area contributed by atoms with Crippen LogP contribution in [0.2, 0.25) is 0 Å². The molecule has 0 aliphatic rings. The summed E-state index contributed by atoms with van der Waals surface area (Å²) in [5.74, 6) is -1.12. The lowest BCUT2D eigenvalue weighted by molar-refractivity contribution is -0.0691. The number of rotatable bonds is 4. The highest BCUT2D eigenvalue weighted by Crippen LogP contribution is 2.31. The van der Waals surface area contributed by atoms with Crippen LogP contribution in [-0.4, -0.2) is 31.3 Å². The van der Waals surface area contributed by atoms with Crippen LogP contribution in [0.3, 0.4) is 0 Å². The molecule has 3 N–H and O–H groups in total. The molecule has 0 radical (unpaired) electrons. The van der Waals surface area contributed by atoms with Gasteiger partial charge >= 0.3 is 5.97 Å². The summed E-state index contributed by atoms with van der Waals surface area (Å²) in [5.41, 5.74) is 0.498. The topological polar surface area (TPSA) is 113 Å². The Hall–Kier alpha value is -2.51. The third-order valence-electron chi connectivity index (χ3n) is 2.89. The average Bonchev–Trinajstić information content (AvgIpc) is 2.50. The summed E-state index contributed by atoms with van der Waals surface area (Å²) in [6, 6.07) is 3.03. The fraction of sp³-hybridized carbons (Fsp3) is 0.214.